The third-order valence-corrected chi connectivity index (χ3v) is 6.86. The Morgan fingerprint density at radius 1 is 1.32 bits per heavy atom. The van der Waals surface area contributed by atoms with Gasteiger partial charge in [-0.05, 0) is 44.0 Å². The van der Waals surface area contributed by atoms with Crippen molar-refractivity contribution in [3.63, 3.8) is 0 Å². The van der Waals surface area contributed by atoms with Crippen LogP contribution in [0.5, 0.6) is 5.75 Å². The molecule has 194 valence electrons. The number of hydrogen-bond acceptors (Lipinski definition) is 7. The molecule has 1 aliphatic rings. The van der Waals surface area contributed by atoms with Gasteiger partial charge in [0.1, 0.15) is 28.7 Å². The van der Waals surface area contributed by atoms with Gasteiger partial charge < -0.3 is 14.7 Å². The lowest BCUT2D eigenvalue weighted by Gasteiger charge is -2.32. The van der Waals surface area contributed by atoms with Gasteiger partial charge in [0.25, 0.3) is 0 Å². The quantitative estimate of drug-likeness (QED) is 0.375. The first-order valence-corrected chi connectivity index (χ1v) is 12.2. The zero-order valence-electron chi connectivity index (χ0n) is 20.8. The van der Waals surface area contributed by atoms with E-state index >= 15 is 0 Å². The van der Waals surface area contributed by atoms with Crippen LogP contribution in [0.3, 0.4) is 0 Å². The number of carbonyl (C=O) groups excluding carboxylic acids is 1. The van der Waals surface area contributed by atoms with Gasteiger partial charge in [-0.3, -0.25) is 14.5 Å². The lowest BCUT2D eigenvalue weighted by molar-refractivity contribution is -0.127. The Morgan fingerprint density at radius 2 is 2.11 bits per heavy atom. The van der Waals surface area contributed by atoms with Crippen molar-refractivity contribution in [1.29, 1.82) is 5.26 Å². The van der Waals surface area contributed by atoms with Crippen molar-refractivity contribution in [2.24, 2.45) is 0 Å². The van der Waals surface area contributed by atoms with E-state index in [-0.39, 0.29) is 11.9 Å². The van der Waals surface area contributed by atoms with Gasteiger partial charge in [-0.2, -0.15) is 15.5 Å². The lowest BCUT2D eigenvalue weighted by Crippen LogP contribution is -2.38. The van der Waals surface area contributed by atoms with Crippen LogP contribution in [0.1, 0.15) is 41.9 Å². The van der Waals surface area contributed by atoms with Gasteiger partial charge in [0.2, 0.25) is 5.91 Å². The Hall–Kier alpha value is -4.56. The van der Waals surface area contributed by atoms with Crippen LogP contribution < -0.4 is 4.74 Å². The second kappa shape index (κ2) is 10.4. The molecule has 0 aliphatic carbocycles. The molecule has 1 saturated heterocycles. The summed E-state index contributed by atoms with van der Waals surface area (Å²) in [4.78, 5) is 17.8. The fourth-order valence-corrected chi connectivity index (χ4v) is 4.86. The molecule has 4 aromatic heterocycles. The SMILES string of the molecule is C=CC(=O)N1CCC(n2ncc(-c3cc(O[C@H](CO)c4ccc(F)cn4)c4c(C#N)cnn4c3)c2C)CC1. The van der Waals surface area contributed by atoms with Crippen LogP contribution in [0, 0.1) is 24.1 Å². The summed E-state index contributed by atoms with van der Waals surface area (Å²) in [6, 6.07) is 6.74. The van der Waals surface area contributed by atoms with Crippen molar-refractivity contribution in [1.82, 2.24) is 29.3 Å². The van der Waals surface area contributed by atoms with Crippen LogP contribution in [0.4, 0.5) is 4.39 Å². The lowest BCUT2D eigenvalue weighted by atomic mass is 10.0. The molecule has 0 radical (unpaired) electrons. The molecule has 0 aromatic carbocycles. The van der Waals surface area contributed by atoms with Crippen molar-refractivity contribution in [2.75, 3.05) is 19.7 Å². The number of aromatic nitrogens is 5. The average molecular weight is 516 g/mol. The van der Waals surface area contributed by atoms with E-state index in [2.05, 4.69) is 27.8 Å². The highest BCUT2D eigenvalue weighted by Gasteiger charge is 2.26. The summed E-state index contributed by atoms with van der Waals surface area (Å²) in [5, 5.41) is 28.6. The fourth-order valence-electron chi connectivity index (χ4n) is 4.86. The normalized spacial score (nSPS) is 14.8. The minimum atomic E-state index is -0.886. The second-order valence-electron chi connectivity index (χ2n) is 9.10. The van der Waals surface area contributed by atoms with Gasteiger partial charge in [0, 0.05) is 36.1 Å². The molecule has 5 rings (SSSR count). The zero-order valence-corrected chi connectivity index (χ0v) is 20.8. The van der Waals surface area contributed by atoms with Crippen LogP contribution >= 0.6 is 0 Å². The van der Waals surface area contributed by atoms with Crippen molar-refractivity contribution in [2.45, 2.75) is 31.9 Å². The number of piperidine rings is 1. The summed E-state index contributed by atoms with van der Waals surface area (Å²) in [7, 11) is 0. The van der Waals surface area contributed by atoms with Crippen LogP contribution in [0.2, 0.25) is 0 Å². The van der Waals surface area contributed by atoms with Crippen molar-refractivity contribution < 1.29 is 19.0 Å². The van der Waals surface area contributed by atoms with Gasteiger partial charge in [0.15, 0.2) is 6.10 Å². The highest BCUT2D eigenvalue weighted by Crippen LogP contribution is 2.35. The Balaban J connectivity index is 1.49. The molecule has 0 bridgehead atoms. The minimum absolute atomic E-state index is 0.0601. The maximum Gasteiger partial charge on any atom is 0.245 e. The molecule has 4 aromatic rings. The highest BCUT2D eigenvalue weighted by molar-refractivity contribution is 5.87. The van der Waals surface area contributed by atoms with Crippen LogP contribution in [0.25, 0.3) is 16.6 Å². The Bertz CT molecular complexity index is 1530. The Labute approximate surface area is 218 Å². The van der Waals surface area contributed by atoms with Crippen molar-refractivity contribution in [3.8, 4) is 22.9 Å². The molecule has 38 heavy (non-hydrogen) atoms. The van der Waals surface area contributed by atoms with Crippen LogP contribution in [-0.2, 0) is 4.79 Å². The molecule has 0 unspecified atom stereocenters. The number of aliphatic hydroxyl groups is 1. The molecule has 1 fully saturated rings. The van der Waals surface area contributed by atoms with Gasteiger partial charge in [-0.25, -0.2) is 8.91 Å². The minimum Gasteiger partial charge on any atom is -0.479 e. The smallest absolute Gasteiger partial charge is 0.245 e. The molecule has 10 nitrogen and oxygen atoms in total. The molecule has 1 aliphatic heterocycles. The number of rotatable bonds is 7. The predicted octanol–water partition coefficient (Wildman–Crippen LogP) is 3.37. The van der Waals surface area contributed by atoms with E-state index in [1.54, 1.807) is 27.9 Å². The van der Waals surface area contributed by atoms with E-state index < -0.39 is 18.5 Å². The van der Waals surface area contributed by atoms with Gasteiger partial charge >= 0.3 is 0 Å². The molecule has 1 amide bonds. The third kappa shape index (κ3) is 4.62. The van der Waals surface area contributed by atoms with E-state index in [1.165, 1.54) is 24.4 Å². The number of hydrogen-bond donors (Lipinski definition) is 1. The number of nitrogens with zero attached hydrogens (tertiary/aromatic N) is 7. The number of pyridine rings is 2. The molecular formula is C27H26FN7O3. The molecular weight excluding hydrogens is 489 g/mol. The number of fused-ring (bicyclic) bond motifs is 1. The Kier molecular flexibility index (Phi) is 6.89. The molecule has 5 heterocycles. The van der Waals surface area contributed by atoms with Gasteiger partial charge in [-0.15, -0.1) is 0 Å². The number of likely N-dealkylation sites (tertiary alicyclic amines) is 1. The molecule has 0 spiro atoms. The average Bonchev–Trinajstić information content (AvgIpc) is 3.55. The number of carbonyl (C=O) groups is 1. The standard InChI is InChI=1S/C27H26FN7O3/c1-3-26(37)33-8-6-21(7-9-33)35-17(2)22(14-32-35)18-10-24(27-19(11-29)12-31-34(27)15-18)38-25(16-36)23-5-4-20(28)13-30-23/h3-5,10,12-15,21,25,36H,1,6-9,16H2,2H3/t25-/m1/s1. The van der Waals surface area contributed by atoms with E-state index in [4.69, 9.17) is 4.74 Å². The number of nitriles is 1. The third-order valence-electron chi connectivity index (χ3n) is 6.86. The van der Waals surface area contributed by atoms with E-state index in [0.717, 1.165) is 35.9 Å². The first kappa shape index (κ1) is 25.1. The van der Waals surface area contributed by atoms with E-state index in [1.807, 2.05) is 11.6 Å². The molecule has 0 saturated carbocycles. The maximum atomic E-state index is 13.4. The highest BCUT2D eigenvalue weighted by atomic mass is 19.1. The number of amides is 1. The van der Waals surface area contributed by atoms with Gasteiger partial charge in [0.05, 0.1) is 36.9 Å². The summed E-state index contributed by atoms with van der Waals surface area (Å²) in [5.41, 5.74) is 3.66. The summed E-state index contributed by atoms with van der Waals surface area (Å²) >= 11 is 0. The summed E-state index contributed by atoms with van der Waals surface area (Å²) < 4.78 is 23.1. The topological polar surface area (TPSA) is 122 Å². The molecule has 1 N–H and O–H groups in total. The van der Waals surface area contributed by atoms with Gasteiger partial charge in [-0.1, -0.05) is 6.58 Å². The zero-order chi connectivity index (χ0) is 26.8. The Morgan fingerprint density at radius 3 is 2.76 bits per heavy atom. The summed E-state index contributed by atoms with van der Waals surface area (Å²) in [6.45, 7) is 6.42. The number of halogens is 1. The number of aliphatic hydroxyl groups excluding tert-OH is 1. The predicted molar refractivity (Wildman–Crippen MR) is 136 cm³/mol. The summed E-state index contributed by atoms with van der Waals surface area (Å²) in [5.74, 6) is -0.233. The fraction of sp³-hybridized carbons (Fsp3) is 0.296. The summed E-state index contributed by atoms with van der Waals surface area (Å²) in [6.07, 6.45) is 8.10. The number of ether oxygens (including phenoxy) is 1. The van der Waals surface area contributed by atoms with Crippen molar-refractivity contribution >= 4 is 11.4 Å². The van der Waals surface area contributed by atoms with E-state index in [0.29, 0.717) is 35.6 Å². The monoisotopic (exact) mass is 515 g/mol. The van der Waals surface area contributed by atoms with E-state index in [9.17, 15) is 19.6 Å². The maximum absolute atomic E-state index is 13.4. The first-order valence-electron chi connectivity index (χ1n) is 12.2. The molecule has 11 heteroatoms. The van der Waals surface area contributed by atoms with Crippen LogP contribution in [0.15, 0.2) is 55.6 Å². The van der Waals surface area contributed by atoms with Crippen molar-refractivity contribution in [3.05, 3.63) is 78.4 Å². The largest absolute Gasteiger partial charge is 0.479 e. The second-order valence-corrected chi connectivity index (χ2v) is 9.10. The van der Waals surface area contributed by atoms with Crippen LogP contribution in [-0.4, -0.2) is 60.0 Å². The first-order chi connectivity index (χ1) is 18.4. The molecule has 1 atom stereocenters.